The first-order chi connectivity index (χ1) is 4.16. The van der Waals surface area contributed by atoms with Crippen molar-refractivity contribution >= 4 is 9.39 Å². The quantitative estimate of drug-likeness (QED) is 0.307. The van der Waals surface area contributed by atoms with E-state index in [0.29, 0.717) is 13.2 Å². The van der Waals surface area contributed by atoms with Crippen molar-refractivity contribution in [2.45, 2.75) is 6.10 Å². The Kier molecular flexibility index (Phi) is 5.24. The van der Waals surface area contributed by atoms with Crippen molar-refractivity contribution in [3.8, 4) is 0 Å². The first-order valence-electron chi connectivity index (χ1n) is 2.60. The maximum atomic E-state index is 8.96. The second kappa shape index (κ2) is 5.09. The van der Waals surface area contributed by atoms with Crippen LogP contribution in [0, 0.1) is 0 Å². The van der Waals surface area contributed by atoms with Crippen LogP contribution in [0.5, 0.6) is 0 Å². The van der Waals surface area contributed by atoms with E-state index in [0.717, 1.165) is 0 Å². The third-order valence-electron chi connectivity index (χ3n) is 0.781. The summed E-state index contributed by atoms with van der Waals surface area (Å²) >= 11 is 0. The van der Waals surface area contributed by atoms with E-state index >= 15 is 0 Å². The molecule has 3 N–H and O–H groups in total. The number of aliphatic hydroxyl groups excluding tert-OH is 1. The number of nitrogens with two attached hydrogens (primary N) is 1. The van der Waals surface area contributed by atoms with E-state index in [9.17, 15) is 0 Å². The van der Waals surface area contributed by atoms with E-state index in [1.54, 1.807) is 0 Å². The van der Waals surface area contributed by atoms with Gasteiger partial charge in [0.1, 0.15) is 0 Å². The summed E-state index contributed by atoms with van der Waals surface area (Å²) in [7, 11) is 3.78. The Labute approximate surface area is 57.2 Å². The van der Waals surface area contributed by atoms with Crippen LogP contribution in [0.4, 0.5) is 0 Å². The molecule has 0 rings (SSSR count). The van der Waals surface area contributed by atoms with Crippen molar-refractivity contribution in [2.24, 2.45) is 5.84 Å². The van der Waals surface area contributed by atoms with Crippen molar-refractivity contribution in [3.05, 3.63) is 0 Å². The molecule has 56 valence electrons. The summed E-state index contributed by atoms with van der Waals surface area (Å²) < 4.78 is 6.00. The first kappa shape index (κ1) is 9.27. The van der Waals surface area contributed by atoms with E-state index < -0.39 is 6.10 Å². The molecular formula is C4H13N2O2P. The Morgan fingerprint density at radius 3 is 2.78 bits per heavy atom. The minimum absolute atomic E-state index is 0.322. The van der Waals surface area contributed by atoms with Gasteiger partial charge >= 0.3 is 0 Å². The topological polar surface area (TPSA) is 58.7 Å². The van der Waals surface area contributed by atoms with E-state index in [4.69, 9.17) is 10.9 Å². The molecule has 0 radical (unpaired) electrons. The fourth-order valence-electron chi connectivity index (χ4n) is 0.488. The number of ether oxygens (including phenoxy) is 1. The summed E-state index contributed by atoms with van der Waals surface area (Å²) in [6.07, 6.45) is -0.502. The highest BCUT2D eigenvalue weighted by Crippen LogP contribution is 1.91. The fraction of sp³-hybridized carbons (Fsp3) is 1.00. The standard InChI is InChI=1S/C4H13N2O2P/c1-8-3-4(7)2-6(5)9/h4,7H,2-3,5,9H2,1H3. The van der Waals surface area contributed by atoms with Gasteiger partial charge in [0, 0.05) is 13.7 Å². The Morgan fingerprint density at radius 1 is 1.89 bits per heavy atom. The highest BCUT2D eigenvalue weighted by Gasteiger charge is 2.03. The van der Waals surface area contributed by atoms with Crippen molar-refractivity contribution in [1.82, 2.24) is 4.78 Å². The van der Waals surface area contributed by atoms with Gasteiger partial charge in [-0.15, -0.1) is 0 Å². The number of aliphatic hydroxyl groups is 1. The molecule has 0 saturated carbocycles. The number of hydrazine groups is 1. The van der Waals surface area contributed by atoms with Gasteiger partial charge in [0.2, 0.25) is 0 Å². The molecule has 2 unspecified atom stereocenters. The van der Waals surface area contributed by atoms with Gasteiger partial charge in [-0.1, -0.05) is 0 Å². The number of rotatable bonds is 4. The Bertz CT molecular complexity index is 71.6. The van der Waals surface area contributed by atoms with Crippen molar-refractivity contribution in [1.29, 1.82) is 0 Å². The molecule has 0 saturated heterocycles. The predicted molar refractivity (Wildman–Crippen MR) is 38.5 cm³/mol. The molecule has 0 fully saturated rings. The SMILES string of the molecule is COCC(O)CN(N)P. The largest absolute Gasteiger partial charge is 0.389 e. The molecule has 0 aliphatic carbocycles. The average molecular weight is 152 g/mol. The number of methoxy groups -OCH3 is 1. The minimum Gasteiger partial charge on any atom is -0.389 e. The molecule has 0 aliphatic rings. The molecule has 0 aromatic heterocycles. The highest BCUT2D eigenvalue weighted by atomic mass is 31.0. The lowest BCUT2D eigenvalue weighted by molar-refractivity contribution is 0.0539. The molecule has 0 aliphatic heterocycles. The maximum absolute atomic E-state index is 8.96. The van der Waals surface area contributed by atoms with Gasteiger partial charge in [-0.05, 0) is 9.39 Å². The lowest BCUT2D eigenvalue weighted by atomic mass is 10.4. The van der Waals surface area contributed by atoms with Crippen molar-refractivity contribution < 1.29 is 9.84 Å². The summed E-state index contributed by atoms with van der Waals surface area (Å²) in [6, 6.07) is 0. The fourth-order valence-corrected chi connectivity index (χ4v) is 0.732. The summed E-state index contributed by atoms with van der Waals surface area (Å²) in [4.78, 5) is 0. The molecule has 0 aromatic carbocycles. The molecule has 2 atom stereocenters. The summed E-state index contributed by atoms with van der Waals surface area (Å²) in [6.45, 7) is 0.723. The van der Waals surface area contributed by atoms with Crippen LogP contribution in [0.15, 0.2) is 0 Å². The molecule has 9 heavy (non-hydrogen) atoms. The van der Waals surface area contributed by atoms with Crippen LogP contribution in [0.1, 0.15) is 0 Å². The highest BCUT2D eigenvalue weighted by molar-refractivity contribution is 7.13. The third-order valence-corrected chi connectivity index (χ3v) is 0.991. The summed E-state index contributed by atoms with van der Waals surface area (Å²) in [5.41, 5.74) is 0. The number of nitrogens with zero attached hydrogens (tertiary/aromatic N) is 1. The lowest BCUT2D eigenvalue weighted by Gasteiger charge is -2.13. The van der Waals surface area contributed by atoms with Gasteiger partial charge in [0.25, 0.3) is 0 Å². The van der Waals surface area contributed by atoms with Crippen LogP contribution in [0.3, 0.4) is 0 Å². The maximum Gasteiger partial charge on any atom is 0.0917 e. The van der Waals surface area contributed by atoms with Crippen LogP contribution in [-0.4, -0.2) is 36.3 Å². The first-order valence-corrected chi connectivity index (χ1v) is 3.12. The van der Waals surface area contributed by atoms with Gasteiger partial charge in [-0.25, -0.2) is 4.78 Å². The molecule has 4 nitrogen and oxygen atoms in total. The molecule has 0 bridgehead atoms. The van der Waals surface area contributed by atoms with Gasteiger partial charge in [-0.2, -0.15) is 0 Å². The van der Waals surface area contributed by atoms with Crippen LogP contribution >= 0.6 is 9.39 Å². The van der Waals surface area contributed by atoms with E-state index in [2.05, 4.69) is 14.1 Å². The smallest absolute Gasteiger partial charge is 0.0917 e. The van der Waals surface area contributed by atoms with Gasteiger partial charge in [-0.3, -0.25) is 5.84 Å². The number of hydrogen-bond donors (Lipinski definition) is 2. The summed E-state index contributed by atoms with van der Waals surface area (Å²) in [5, 5.41) is 8.96. The Hall–Kier alpha value is 0.270. The normalized spacial score (nSPS) is 14.3. The van der Waals surface area contributed by atoms with Gasteiger partial charge < -0.3 is 9.84 Å². The van der Waals surface area contributed by atoms with Crippen LogP contribution in [0.2, 0.25) is 0 Å². The van der Waals surface area contributed by atoms with Gasteiger partial charge in [0.05, 0.1) is 12.7 Å². The minimum atomic E-state index is -0.502. The average Bonchev–Trinajstić information content (AvgIpc) is 1.63. The Morgan fingerprint density at radius 2 is 2.44 bits per heavy atom. The Balaban J connectivity index is 3.15. The third kappa shape index (κ3) is 6.15. The molecule has 0 heterocycles. The zero-order valence-electron chi connectivity index (χ0n) is 5.45. The van der Waals surface area contributed by atoms with E-state index in [1.165, 1.54) is 11.9 Å². The molecule has 0 amide bonds. The monoisotopic (exact) mass is 152 g/mol. The zero-order valence-corrected chi connectivity index (χ0v) is 6.60. The molecule has 0 spiro atoms. The zero-order chi connectivity index (χ0) is 7.28. The van der Waals surface area contributed by atoms with Gasteiger partial charge in [0.15, 0.2) is 0 Å². The van der Waals surface area contributed by atoms with Crippen LogP contribution in [-0.2, 0) is 4.74 Å². The van der Waals surface area contributed by atoms with Crippen LogP contribution < -0.4 is 5.84 Å². The predicted octanol–water partition coefficient (Wildman–Crippen LogP) is -1.04. The molecular weight excluding hydrogens is 139 g/mol. The van der Waals surface area contributed by atoms with E-state index in [1.807, 2.05) is 0 Å². The lowest BCUT2D eigenvalue weighted by Crippen LogP contribution is -2.32. The van der Waals surface area contributed by atoms with Crippen LogP contribution in [0.25, 0.3) is 0 Å². The molecule has 0 aromatic rings. The molecule has 5 heteroatoms. The van der Waals surface area contributed by atoms with Crippen molar-refractivity contribution in [2.75, 3.05) is 20.3 Å². The second-order valence-corrected chi connectivity index (χ2v) is 2.47. The second-order valence-electron chi connectivity index (χ2n) is 1.81. The number of hydrogen-bond acceptors (Lipinski definition) is 4. The van der Waals surface area contributed by atoms with Crippen molar-refractivity contribution in [3.63, 3.8) is 0 Å². The summed E-state index contributed by atoms with van der Waals surface area (Å²) in [5.74, 6) is 5.20. The van der Waals surface area contributed by atoms with E-state index in [-0.39, 0.29) is 0 Å².